The molecule has 1 saturated heterocycles. The zero-order valence-corrected chi connectivity index (χ0v) is 21.8. The summed E-state index contributed by atoms with van der Waals surface area (Å²) >= 11 is 0.910. The predicted octanol–water partition coefficient (Wildman–Crippen LogP) is 5.96. The molecule has 1 heterocycles. The first-order valence-electron chi connectivity index (χ1n) is 11.9. The van der Waals surface area contributed by atoms with E-state index in [9.17, 15) is 14.4 Å². The number of anilines is 1. The highest BCUT2D eigenvalue weighted by atomic mass is 32.2. The molecule has 1 aliphatic heterocycles. The van der Waals surface area contributed by atoms with Crippen LogP contribution in [-0.4, -0.2) is 35.2 Å². The quantitative estimate of drug-likeness (QED) is 0.354. The zero-order chi connectivity index (χ0) is 26.4. The van der Waals surface area contributed by atoms with Gasteiger partial charge in [0.25, 0.3) is 17.1 Å². The van der Waals surface area contributed by atoms with Crippen molar-refractivity contribution in [2.75, 3.05) is 18.5 Å². The number of carbonyl (C=O) groups is 3. The molecule has 1 N–H and O–H groups in total. The number of rotatable bonds is 9. The number of aryl methyl sites for hydroxylation is 2. The van der Waals surface area contributed by atoms with E-state index in [0.29, 0.717) is 28.6 Å². The molecular weight excluding hydrogens is 488 g/mol. The number of ether oxygens (including phenoxy) is 2. The van der Waals surface area contributed by atoms with Crippen molar-refractivity contribution < 1.29 is 23.9 Å². The van der Waals surface area contributed by atoms with Gasteiger partial charge in [0.2, 0.25) is 0 Å². The molecule has 4 rings (SSSR count). The van der Waals surface area contributed by atoms with E-state index in [1.807, 2.05) is 69.3 Å². The molecule has 0 atom stereocenters. The van der Waals surface area contributed by atoms with E-state index in [2.05, 4.69) is 5.32 Å². The summed E-state index contributed by atoms with van der Waals surface area (Å²) in [4.78, 5) is 39.4. The average molecular weight is 517 g/mol. The van der Waals surface area contributed by atoms with Crippen molar-refractivity contribution in [2.24, 2.45) is 0 Å². The Morgan fingerprint density at radius 3 is 2.51 bits per heavy atom. The second-order valence-corrected chi connectivity index (χ2v) is 9.54. The van der Waals surface area contributed by atoms with Gasteiger partial charge in [0.05, 0.1) is 18.1 Å². The monoisotopic (exact) mass is 516 g/mol. The van der Waals surface area contributed by atoms with E-state index in [-0.39, 0.29) is 30.2 Å². The third kappa shape index (κ3) is 6.59. The van der Waals surface area contributed by atoms with Crippen molar-refractivity contribution in [3.8, 4) is 11.5 Å². The molecule has 3 amide bonds. The number of hydrogen-bond acceptors (Lipinski definition) is 6. The molecule has 190 valence electrons. The van der Waals surface area contributed by atoms with E-state index < -0.39 is 0 Å². The molecule has 0 bridgehead atoms. The molecule has 37 heavy (non-hydrogen) atoms. The number of nitrogens with one attached hydrogen (secondary N) is 1. The number of nitrogens with zero attached hydrogens (tertiary/aromatic N) is 1. The molecule has 8 heteroatoms. The Labute approximate surface area is 220 Å². The van der Waals surface area contributed by atoms with E-state index in [1.54, 1.807) is 24.3 Å². The van der Waals surface area contributed by atoms with Crippen molar-refractivity contribution in [3.63, 3.8) is 0 Å². The van der Waals surface area contributed by atoms with Gasteiger partial charge in [-0.1, -0.05) is 48.5 Å². The summed E-state index contributed by atoms with van der Waals surface area (Å²) in [7, 11) is 0. The number of thioether (sulfide) groups is 1. The fourth-order valence-electron chi connectivity index (χ4n) is 3.76. The van der Waals surface area contributed by atoms with Crippen molar-refractivity contribution in [1.82, 2.24) is 4.90 Å². The second-order valence-electron chi connectivity index (χ2n) is 8.55. The van der Waals surface area contributed by atoms with Crippen LogP contribution in [0.4, 0.5) is 10.5 Å². The third-order valence-electron chi connectivity index (χ3n) is 5.65. The molecule has 0 aliphatic carbocycles. The fourth-order valence-corrected chi connectivity index (χ4v) is 4.59. The lowest BCUT2D eigenvalue weighted by molar-refractivity contribution is -0.123. The van der Waals surface area contributed by atoms with Gasteiger partial charge in [-0.25, -0.2) is 0 Å². The molecule has 0 aromatic heterocycles. The highest BCUT2D eigenvalue weighted by Crippen LogP contribution is 2.35. The molecule has 0 saturated carbocycles. The van der Waals surface area contributed by atoms with Crippen molar-refractivity contribution >= 4 is 40.6 Å². The minimum absolute atomic E-state index is 0.189. The van der Waals surface area contributed by atoms with Gasteiger partial charge < -0.3 is 14.8 Å². The van der Waals surface area contributed by atoms with Crippen LogP contribution < -0.4 is 14.8 Å². The molecule has 3 aromatic carbocycles. The van der Waals surface area contributed by atoms with Gasteiger partial charge in [-0.05, 0) is 79.1 Å². The molecule has 0 radical (unpaired) electrons. The first-order chi connectivity index (χ1) is 17.8. The van der Waals surface area contributed by atoms with E-state index >= 15 is 0 Å². The van der Waals surface area contributed by atoms with Crippen molar-refractivity contribution in [2.45, 2.75) is 27.3 Å². The lowest BCUT2D eigenvalue weighted by atomic mass is 10.1. The highest BCUT2D eigenvalue weighted by molar-refractivity contribution is 8.18. The number of imide groups is 1. The third-order valence-corrected chi connectivity index (χ3v) is 6.56. The SMILES string of the molecule is CCOc1cc(/C=C2\SC(=O)N(Cc3ccccc3)C2=O)ccc1OCC(=O)Nc1cc(C)ccc1C. The zero-order valence-electron chi connectivity index (χ0n) is 20.9. The van der Waals surface area contributed by atoms with Crippen LogP contribution in [0.1, 0.15) is 29.2 Å². The summed E-state index contributed by atoms with van der Waals surface area (Å²) in [5.41, 5.74) is 4.32. The number of amides is 3. The smallest absolute Gasteiger partial charge is 0.293 e. The summed E-state index contributed by atoms with van der Waals surface area (Å²) in [6.07, 6.45) is 1.66. The van der Waals surface area contributed by atoms with Gasteiger partial charge in [0.1, 0.15) is 0 Å². The summed E-state index contributed by atoms with van der Waals surface area (Å²) in [6.45, 7) is 6.17. The second kappa shape index (κ2) is 11.8. The summed E-state index contributed by atoms with van der Waals surface area (Å²) < 4.78 is 11.5. The van der Waals surface area contributed by atoms with Gasteiger partial charge in [-0.2, -0.15) is 0 Å². The minimum atomic E-state index is -0.333. The first-order valence-corrected chi connectivity index (χ1v) is 12.7. The standard InChI is InChI=1S/C29H28N2O5S/c1-4-35-25-15-22(16-26-28(33)31(29(34)37-26)17-21-8-6-5-7-9-21)12-13-24(25)36-18-27(32)30-23-14-19(2)10-11-20(23)3/h5-16H,4,17-18H2,1-3H3,(H,30,32)/b26-16-. The Kier molecular flexibility index (Phi) is 8.30. The largest absolute Gasteiger partial charge is 0.490 e. The van der Waals surface area contributed by atoms with Crippen LogP contribution in [0.15, 0.2) is 71.6 Å². The van der Waals surface area contributed by atoms with Crippen LogP contribution in [0, 0.1) is 13.8 Å². The fraction of sp³-hybridized carbons (Fsp3) is 0.207. The van der Waals surface area contributed by atoms with Gasteiger partial charge in [-0.3, -0.25) is 19.3 Å². The molecule has 0 unspecified atom stereocenters. The summed E-state index contributed by atoms with van der Waals surface area (Å²) in [6, 6.07) is 20.4. The van der Waals surface area contributed by atoms with E-state index in [1.165, 1.54) is 4.90 Å². The van der Waals surface area contributed by atoms with Crippen molar-refractivity contribution in [3.05, 3.63) is 93.9 Å². The molecule has 1 aliphatic rings. The lowest BCUT2D eigenvalue weighted by Gasteiger charge is -2.14. The molecule has 1 fully saturated rings. The molecule has 7 nitrogen and oxygen atoms in total. The van der Waals surface area contributed by atoms with E-state index in [0.717, 1.165) is 34.1 Å². The first kappa shape index (κ1) is 26.0. The van der Waals surface area contributed by atoms with Crippen LogP contribution in [0.3, 0.4) is 0 Å². The van der Waals surface area contributed by atoms with Crippen LogP contribution in [0.2, 0.25) is 0 Å². The molecule has 0 spiro atoms. The highest BCUT2D eigenvalue weighted by Gasteiger charge is 2.35. The number of carbonyl (C=O) groups excluding carboxylic acids is 3. The molecule has 3 aromatic rings. The maximum Gasteiger partial charge on any atom is 0.293 e. The Balaban J connectivity index is 1.44. The van der Waals surface area contributed by atoms with Crippen LogP contribution in [-0.2, 0) is 16.1 Å². The Morgan fingerprint density at radius 1 is 0.973 bits per heavy atom. The Morgan fingerprint density at radius 2 is 1.76 bits per heavy atom. The maximum atomic E-state index is 12.9. The van der Waals surface area contributed by atoms with Crippen LogP contribution in [0.25, 0.3) is 6.08 Å². The van der Waals surface area contributed by atoms with Gasteiger partial charge in [0, 0.05) is 5.69 Å². The van der Waals surface area contributed by atoms with Crippen molar-refractivity contribution in [1.29, 1.82) is 0 Å². The Hall–Kier alpha value is -4.04. The van der Waals surface area contributed by atoms with Gasteiger partial charge in [-0.15, -0.1) is 0 Å². The molecular formula is C29H28N2O5S. The average Bonchev–Trinajstić information content (AvgIpc) is 3.14. The maximum absolute atomic E-state index is 12.9. The minimum Gasteiger partial charge on any atom is -0.490 e. The van der Waals surface area contributed by atoms with Gasteiger partial charge >= 0.3 is 0 Å². The van der Waals surface area contributed by atoms with E-state index in [4.69, 9.17) is 9.47 Å². The summed E-state index contributed by atoms with van der Waals surface area (Å²) in [5.74, 6) is 0.235. The van der Waals surface area contributed by atoms with Crippen LogP contribution >= 0.6 is 11.8 Å². The number of hydrogen-bond donors (Lipinski definition) is 1. The topological polar surface area (TPSA) is 84.9 Å². The van der Waals surface area contributed by atoms with Crippen LogP contribution in [0.5, 0.6) is 11.5 Å². The number of benzene rings is 3. The van der Waals surface area contributed by atoms with Gasteiger partial charge in [0.15, 0.2) is 18.1 Å². The summed E-state index contributed by atoms with van der Waals surface area (Å²) in [5, 5.41) is 2.57. The lowest BCUT2D eigenvalue weighted by Crippen LogP contribution is -2.27. The predicted molar refractivity (Wildman–Crippen MR) is 146 cm³/mol. The Bertz CT molecular complexity index is 1350. The normalized spacial score (nSPS) is 14.2.